The minimum Gasteiger partial charge on any atom is -0.383 e. The molecule has 2 aromatic rings. The lowest BCUT2D eigenvalue weighted by atomic mass is 9.75. The third-order valence-corrected chi connectivity index (χ3v) is 4.15. The summed E-state index contributed by atoms with van der Waals surface area (Å²) in [4.78, 5) is 11.9. The number of nitrogens with zero attached hydrogens (tertiary/aromatic N) is 3. The number of hydrogen-bond acceptors (Lipinski definition) is 4. The fourth-order valence-corrected chi connectivity index (χ4v) is 2.53. The van der Waals surface area contributed by atoms with Gasteiger partial charge in [0.25, 0.3) is 5.91 Å². The lowest BCUT2D eigenvalue weighted by Gasteiger charge is -2.41. The molecular weight excluding hydrogens is 306 g/mol. The second kappa shape index (κ2) is 5.38. The lowest BCUT2D eigenvalue weighted by molar-refractivity contribution is -0.212. The van der Waals surface area contributed by atoms with E-state index in [1.807, 2.05) is 0 Å². The van der Waals surface area contributed by atoms with Gasteiger partial charge in [0.05, 0.1) is 5.69 Å². The van der Waals surface area contributed by atoms with Crippen LogP contribution in [0.5, 0.6) is 0 Å². The monoisotopic (exact) mass is 322 g/mol. The van der Waals surface area contributed by atoms with Crippen LogP contribution in [0.1, 0.15) is 25.1 Å². The van der Waals surface area contributed by atoms with Crippen LogP contribution in [0.25, 0.3) is 5.69 Å². The maximum absolute atomic E-state index is 14.1. The number of carbonyl (C=O) groups is 1. The van der Waals surface area contributed by atoms with Gasteiger partial charge in [0.15, 0.2) is 0 Å². The van der Waals surface area contributed by atoms with Crippen molar-refractivity contribution < 1.29 is 18.7 Å². The largest absolute Gasteiger partial charge is 0.383 e. The van der Waals surface area contributed by atoms with Crippen molar-refractivity contribution in [3.05, 3.63) is 36.4 Å². The number of rotatable bonds is 4. The van der Waals surface area contributed by atoms with E-state index in [0.29, 0.717) is 17.9 Å². The minimum atomic E-state index is -3.83. The molecule has 2 N–H and O–H groups in total. The van der Waals surface area contributed by atoms with Crippen LogP contribution in [-0.4, -0.2) is 37.3 Å². The summed E-state index contributed by atoms with van der Waals surface area (Å²) in [5.74, 6) is -4.70. The quantitative estimate of drug-likeness (QED) is 0.903. The second-order valence-electron chi connectivity index (χ2n) is 5.71. The standard InChI is InChI=1S/C15H16F2N4O2/c1-10-20-18-9-21(10)12-5-2-4-11(8-12)19-13(22)15(16,17)14(23)6-3-7-14/h2,4-5,8-9,23H,3,6-7H2,1H3,(H,19,22). The number of carbonyl (C=O) groups excluding carboxylic acids is 1. The van der Waals surface area contributed by atoms with Crippen LogP contribution in [0.4, 0.5) is 14.5 Å². The molecule has 1 aliphatic rings. The topological polar surface area (TPSA) is 80.0 Å². The van der Waals surface area contributed by atoms with Crippen LogP contribution in [0.3, 0.4) is 0 Å². The number of halogens is 2. The van der Waals surface area contributed by atoms with E-state index in [9.17, 15) is 18.7 Å². The first kappa shape index (κ1) is 15.5. The van der Waals surface area contributed by atoms with E-state index >= 15 is 0 Å². The minimum absolute atomic E-state index is 0.0760. The van der Waals surface area contributed by atoms with Crippen molar-refractivity contribution in [2.24, 2.45) is 0 Å². The van der Waals surface area contributed by atoms with Gasteiger partial charge in [-0.2, -0.15) is 8.78 Å². The van der Waals surface area contributed by atoms with Crippen LogP contribution in [0, 0.1) is 6.92 Å². The molecule has 0 bridgehead atoms. The normalized spacial score (nSPS) is 16.7. The van der Waals surface area contributed by atoms with Crippen LogP contribution in [0.2, 0.25) is 0 Å². The molecule has 1 aliphatic carbocycles. The zero-order valence-electron chi connectivity index (χ0n) is 12.5. The van der Waals surface area contributed by atoms with Gasteiger partial charge < -0.3 is 10.4 Å². The third kappa shape index (κ3) is 2.59. The predicted octanol–water partition coefficient (Wildman–Crippen LogP) is 2.06. The van der Waals surface area contributed by atoms with E-state index in [1.54, 1.807) is 23.6 Å². The van der Waals surface area contributed by atoms with E-state index in [1.165, 1.54) is 18.5 Å². The molecule has 3 rings (SSSR count). The van der Waals surface area contributed by atoms with Crippen molar-refractivity contribution >= 4 is 11.6 Å². The van der Waals surface area contributed by atoms with Gasteiger partial charge in [-0.15, -0.1) is 10.2 Å². The van der Waals surface area contributed by atoms with Crippen molar-refractivity contribution in [2.45, 2.75) is 37.7 Å². The van der Waals surface area contributed by atoms with E-state index in [4.69, 9.17) is 0 Å². The molecule has 122 valence electrons. The number of aryl methyl sites for hydroxylation is 1. The van der Waals surface area contributed by atoms with Crippen LogP contribution in [0.15, 0.2) is 30.6 Å². The number of benzene rings is 1. The summed E-state index contributed by atoms with van der Waals surface area (Å²) < 4.78 is 29.8. The number of amides is 1. The van der Waals surface area contributed by atoms with Gasteiger partial charge in [0, 0.05) is 5.69 Å². The highest BCUT2D eigenvalue weighted by molar-refractivity contribution is 5.97. The van der Waals surface area contributed by atoms with Gasteiger partial charge in [-0.25, -0.2) is 0 Å². The van der Waals surface area contributed by atoms with Gasteiger partial charge in [0.2, 0.25) is 0 Å². The third-order valence-electron chi connectivity index (χ3n) is 4.15. The molecular formula is C15H16F2N4O2. The predicted molar refractivity (Wildman–Crippen MR) is 78.5 cm³/mol. The number of alkyl halides is 2. The molecule has 1 amide bonds. The summed E-state index contributed by atoms with van der Waals surface area (Å²) in [5.41, 5.74) is -1.39. The van der Waals surface area contributed by atoms with Gasteiger partial charge >= 0.3 is 5.92 Å². The van der Waals surface area contributed by atoms with Gasteiger partial charge in [0.1, 0.15) is 17.8 Å². The van der Waals surface area contributed by atoms with E-state index in [2.05, 4.69) is 15.5 Å². The highest BCUT2D eigenvalue weighted by Crippen LogP contribution is 2.44. The molecule has 1 aromatic carbocycles. The zero-order chi connectivity index (χ0) is 16.7. The van der Waals surface area contributed by atoms with E-state index in [0.717, 1.165) is 0 Å². The summed E-state index contributed by atoms with van der Waals surface area (Å²) in [7, 11) is 0. The molecule has 8 heteroatoms. The van der Waals surface area contributed by atoms with E-state index < -0.39 is 17.4 Å². The van der Waals surface area contributed by atoms with Crippen molar-refractivity contribution in [3.63, 3.8) is 0 Å². The van der Waals surface area contributed by atoms with Gasteiger partial charge in [-0.1, -0.05) is 6.07 Å². The Morgan fingerprint density at radius 2 is 2.17 bits per heavy atom. The summed E-state index contributed by atoms with van der Waals surface area (Å²) in [5, 5.41) is 19.6. The molecule has 0 unspecified atom stereocenters. The van der Waals surface area contributed by atoms with Crippen molar-refractivity contribution in [2.75, 3.05) is 5.32 Å². The fourth-order valence-electron chi connectivity index (χ4n) is 2.53. The Balaban J connectivity index is 1.81. The first-order valence-electron chi connectivity index (χ1n) is 7.22. The smallest absolute Gasteiger partial charge is 0.352 e. The lowest BCUT2D eigenvalue weighted by Crippen LogP contribution is -2.59. The van der Waals surface area contributed by atoms with Crippen molar-refractivity contribution in [1.82, 2.24) is 14.8 Å². The molecule has 0 radical (unpaired) electrons. The Labute approximate surface area is 131 Å². The summed E-state index contributed by atoms with van der Waals surface area (Å²) in [6, 6.07) is 6.40. The average Bonchev–Trinajstić information content (AvgIpc) is 2.91. The molecule has 0 aliphatic heterocycles. The summed E-state index contributed by atoms with van der Waals surface area (Å²) in [6.07, 6.45) is 1.82. The summed E-state index contributed by atoms with van der Waals surface area (Å²) in [6.45, 7) is 1.75. The Kier molecular flexibility index (Phi) is 3.63. The van der Waals surface area contributed by atoms with Crippen LogP contribution >= 0.6 is 0 Å². The second-order valence-corrected chi connectivity index (χ2v) is 5.71. The number of nitrogens with one attached hydrogen (secondary N) is 1. The Morgan fingerprint density at radius 1 is 1.43 bits per heavy atom. The Hall–Kier alpha value is -2.35. The molecule has 0 saturated heterocycles. The maximum atomic E-state index is 14.1. The van der Waals surface area contributed by atoms with Crippen LogP contribution in [-0.2, 0) is 4.79 Å². The summed E-state index contributed by atoms with van der Waals surface area (Å²) >= 11 is 0. The first-order chi connectivity index (χ1) is 10.8. The highest BCUT2D eigenvalue weighted by Gasteiger charge is 2.61. The van der Waals surface area contributed by atoms with Crippen molar-refractivity contribution in [3.8, 4) is 5.69 Å². The molecule has 23 heavy (non-hydrogen) atoms. The van der Waals surface area contributed by atoms with Gasteiger partial charge in [-0.3, -0.25) is 9.36 Å². The fraction of sp³-hybridized carbons (Fsp3) is 0.400. The number of hydrogen-bond donors (Lipinski definition) is 2. The average molecular weight is 322 g/mol. The molecule has 0 spiro atoms. The Morgan fingerprint density at radius 3 is 2.74 bits per heavy atom. The highest BCUT2D eigenvalue weighted by atomic mass is 19.3. The molecule has 6 nitrogen and oxygen atoms in total. The zero-order valence-corrected chi connectivity index (χ0v) is 12.5. The Bertz CT molecular complexity index is 741. The van der Waals surface area contributed by atoms with Gasteiger partial charge in [-0.05, 0) is 44.4 Å². The molecule has 1 fully saturated rings. The van der Waals surface area contributed by atoms with E-state index in [-0.39, 0.29) is 18.5 Å². The molecule has 1 heterocycles. The molecule has 1 aromatic heterocycles. The number of aliphatic hydroxyl groups is 1. The maximum Gasteiger partial charge on any atom is 0.352 e. The van der Waals surface area contributed by atoms with Crippen LogP contribution < -0.4 is 5.32 Å². The molecule has 1 saturated carbocycles. The first-order valence-corrected chi connectivity index (χ1v) is 7.22. The number of anilines is 1. The number of aromatic nitrogens is 3. The van der Waals surface area contributed by atoms with Crippen molar-refractivity contribution in [1.29, 1.82) is 0 Å². The molecule has 0 atom stereocenters. The SMILES string of the molecule is Cc1nncn1-c1cccc(NC(=O)C(F)(F)C2(O)CCC2)c1.